The molecule has 0 bridgehead atoms. The predicted octanol–water partition coefficient (Wildman–Crippen LogP) is 3.47. The molecule has 0 atom stereocenters. The number of anilines is 1. The summed E-state index contributed by atoms with van der Waals surface area (Å²) >= 11 is 0. The molecule has 0 unspecified atom stereocenters. The van der Waals surface area contributed by atoms with E-state index in [4.69, 9.17) is 0 Å². The lowest BCUT2D eigenvalue weighted by atomic mass is 10.2. The zero-order valence-corrected chi connectivity index (χ0v) is 13.6. The number of para-hydroxylation sites is 2. The first-order valence-electron chi connectivity index (χ1n) is 7.75. The van der Waals surface area contributed by atoms with E-state index in [0.29, 0.717) is 6.04 Å². The SMILES string of the molecule is Cc1nc2ccccc2nc1NCCCCN(C)C(C)C. The van der Waals surface area contributed by atoms with Gasteiger partial charge in [-0.25, -0.2) is 9.97 Å². The topological polar surface area (TPSA) is 41.1 Å². The Morgan fingerprint density at radius 1 is 1.10 bits per heavy atom. The predicted molar refractivity (Wildman–Crippen MR) is 89.8 cm³/mol. The summed E-state index contributed by atoms with van der Waals surface area (Å²) in [6, 6.07) is 8.62. The van der Waals surface area contributed by atoms with E-state index >= 15 is 0 Å². The molecule has 4 heteroatoms. The minimum Gasteiger partial charge on any atom is -0.369 e. The highest BCUT2D eigenvalue weighted by molar-refractivity contribution is 5.76. The van der Waals surface area contributed by atoms with E-state index in [1.165, 1.54) is 6.42 Å². The standard InChI is InChI=1S/C17H26N4/c1-13(2)21(4)12-8-7-11-18-17-14(3)19-15-9-5-6-10-16(15)20-17/h5-6,9-10,13H,7-8,11-12H2,1-4H3,(H,18,20). The first kappa shape index (κ1) is 15.7. The summed E-state index contributed by atoms with van der Waals surface area (Å²) in [5, 5.41) is 3.42. The number of nitrogens with one attached hydrogen (secondary N) is 1. The zero-order chi connectivity index (χ0) is 15.2. The molecule has 1 aromatic heterocycles. The maximum absolute atomic E-state index is 4.65. The molecular weight excluding hydrogens is 260 g/mol. The van der Waals surface area contributed by atoms with Crippen molar-refractivity contribution in [3.05, 3.63) is 30.0 Å². The number of benzene rings is 1. The molecule has 0 saturated heterocycles. The van der Waals surface area contributed by atoms with Crippen LogP contribution in [0.1, 0.15) is 32.4 Å². The number of aryl methyl sites for hydroxylation is 1. The number of nitrogens with zero attached hydrogens (tertiary/aromatic N) is 3. The summed E-state index contributed by atoms with van der Waals surface area (Å²) < 4.78 is 0. The number of aromatic nitrogens is 2. The Labute approximate surface area is 127 Å². The summed E-state index contributed by atoms with van der Waals surface area (Å²) in [6.45, 7) is 8.55. The van der Waals surface area contributed by atoms with Crippen LogP contribution in [0.3, 0.4) is 0 Å². The van der Waals surface area contributed by atoms with E-state index in [1.54, 1.807) is 0 Å². The van der Waals surface area contributed by atoms with Gasteiger partial charge in [0.25, 0.3) is 0 Å². The van der Waals surface area contributed by atoms with Gasteiger partial charge >= 0.3 is 0 Å². The van der Waals surface area contributed by atoms with Gasteiger partial charge in [-0.05, 0) is 59.3 Å². The van der Waals surface area contributed by atoms with Crippen LogP contribution in [0.5, 0.6) is 0 Å². The van der Waals surface area contributed by atoms with E-state index < -0.39 is 0 Å². The third kappa shape index (κ3) is 4.39. The Kier molecular flexibility index (Phi) is 5.51. The third-order valence-corrected chi connectivity index (χ3v) is 3.86. The van der Waals surface area contributed by atoms with Crippen molar-refractivity contribution in [1.29, 1.82) is 0 Å². The Morgan fingerprint density at radius 3 is 2.43 bits per heavy atom. The highest BCUT2D eigenvalue weighted by Crippen LogP contribution is 2.15. The zero-order valence-electron chi connectivity index (χ0n) is 13.6. The molecule has 1 aromatic carbocycles. The van der Waals surface area contributed by atoms with E-state index in [2.05, 4.69) is 41.1 Å². The van der Waals surface area contributed by atoms with Crippen LogP contribution in [0, 0.1) is 6.92 Å². The fraction of sp³-hybridized carbons (Fsp3) is 0.529. The lowest BCUT2D eigenvalue weighted by molar-refractivity contribution is 0.269. The number of hydrogen-bond donors (Lipinski definition) is 1. The number of unbranched alkanes of at least 4 members (excludes halogenated alkanes) is 1. The molecule has 0 spiro atoms. The molecule has 1 heterocycles. The Morgan fingerprint density at radius 2 is 1.76 bits per heavy atom. The van der Waals surface area contributed by atoms with Gasteiger partial charge in [-0.3, -0.25) is 0 Å². The van der Waals surface area contributed by atoms with Crippen molar-refractivity contribution in [2.24, 2.45) is 0 Å². The second kappa shape index (κ2) is 7.36. The smallest absolute Gasteiger partial charge is 0.148 e. The monoisotopic (exact) mass is 286 g/mol. The maximum atomic E-state index is 4.65. The van der Waals surface area contributed by atoms with Crippen LogP contribution in [0.4, 0.5) is 5.82 Å². The molecule has 2 rings (SSSR count). The summed E-state index contributed by atoms with van der Waals surface area (Å²) in [4.78, 5) is 11.6. The Bertz CT molecular complexity index is 580. The number of fused-ring (bicyclic) bond motifs is 1. The average molecular weight is 286 g/mol. The molecule has 4 nitrogen and oxygen atoms in total. The summed E-state index contributed by atoms with van der Waals surface area (Å²) in [7, 11) is 2.18. The van der Waals surface area contributed by atoms with Crippen molar-refractivity contribution in [3.8, 4) is 0 Å². The van der Waals surface area contributed by atoms with Crippen molar-refractivity contribution in [3.63, 3.8) is 0 Å². The van der Waals surface area contributed by atoms with Crippen molar-refractivity contribution < 1.29 is 0 Å². The van der Waals surface area contributed by atoms with E-state index in [1.807, 2.05) is 31.2 Å². The van der Waals surface area contributed by atoms with Gasteiger partial charge in [0.15, 0.2) is 0 Å². The van der Waals surface area contributed by atoms with Gasteiger partial charge in [0.1, 0.15) is 5.82 Å². The third-order valence-electron chi connectivity index (χ3n) is 3.86. The van der Waals surface area contributed by atoms with Gasteiger partial charge in [0.2, 0.25) is 0 Å². The molecule has 0 fully saturated rings. The minimum atomic E-state index is 0.617. The number of hydrogen-bond acceptors (Lipinski definition) is 4. The van der Waals surface area contributed by atoms with Crippen molar-refractivity contribution in [2.75, 3.05) is 25.5 Å². The molecule has 0 saturated carbocycles. The van der Waals surface area contributed by atoms with Crippen LogP contribution < -0.4 is 5.32 Å². The molecule has 0 radical (unpaired) electrons. The second-order valence-electron chi connectivity index (χ2n) is 5.85. The molecule has 0 aliphatic heterocycles. The van der Waals surface area contributed by atoms with Gasteiger partial charge in [-0.2, -0.15) is 0 Å². The van der Waals surface area contributed by atoms with Crippen LogP contribution in [0.15, 0.2) is 24.3 Å². The quantitative estimate of drug-likeness (QED) is 0.791. The summed E-state index contributed by atoms with van der Waals surface area (Å²) in [5.74, 6) is 0.908. The van der Waals surface area contributed by atoms with Crippen molar-refractivity contribution >= 4 is 16.9 Å². The van der Waals surface area contributed by atoms with Crippen molar-refractivity contribution in [2.45, 2.75) is 39.7 Å². The van der Waals surface area contributed by atoms with E-state index in [-0.39, 0.29) is 0 Å². The first-order valence-corrected chi connectivity index (χ1v) is 7.75. The van der Waals surface area contributed by atoms with Gasteiger partial charge in [-0.1, -0.05) is 12.1 Å². The van der Waals surface area contributed by atoms with Gasteiger partial charge in [0, 0.05) is 12.6 Å². The lowest BCUT2D eigenvalue weighted by Gasteiger charge is -2.20. The largest absolute Gasteiger partial charge is 0.369 e. The average Bonchev–Trinajstić information content (AvgIpc) is 2.46. The molecular formula is C17H26N4. The van der Waals surface area contributed by atoms with Gasteiger partial charge < -0.3 is 10.2 Å². The maximum Gasteiger partial charge on any atom is 0.148 e. The van der Waals surface area contributed by atoms with Crippen LogP contribution in [0.25, 0.3) is 11.0 Å². The van der Waals surface area contributed by atoms with Gasteiger partial charge in [0.05, 0.1) is 16.7 Å². The van der Waals surface area contributed by atoms with E-state index in [0.717, 1.165) is 42.1 Å². The first-order chi connectivity index (χ1) is 10.1. The highest BCUT2D eigenvalue weighted by Gasteiger charge is 2.05. The second-order valence-corrected chi connectivity index (χ2v) is 5.85. The Balaban J connectivity index is 1.85. The summed E-state index contributed by atoms with van der Waals surface area (Å²) in [6.07, 6.45) is 2.34. The molecule has 1 N–H and O–H groups in total. The van der Waals surface area contributed by atoms with Crippen LogP contribution >= 0.6 is 0 Å². The fourth-order valence-electron chi connectivity index (χ4n) is 2.21. The molecule has 21 heavy (non-hydrogen) atoms. The van der Waals surface area contributed by atoms with Crippen LogP contribution in [-0.2, 0) is 0 Å². The van der Waals surface area contributed by atoms with Crippen molar-refractivity contribution in [1.82, 2.24) is 14.9 Å². The van der Waals surface area contributed by atoms with Crippen LogP contribution in [0.2, 0.25) is 0 Å². The molecule has 0 aliphatic rings. The molecule has 0 amide bonds. The fourth-order valence-corrected chi connectivity index (χ4v) is 2.21. The number of rotatable bonds is 7. The molecule has 2 aromatic rings. The molecule has 0 aliphatic carbocycles. The molecule has 114 valence electrons. The normalized spacial score (nSPS) is 11.5. The van der Waals surface area contributed by atoms with Gasteiger partial charge in [-0.15, -0.1) is 0 Å². The highest BCUT2D eigenvalue weighted by atomic mass is 15.1. The van der Waals surface area contributed by atoms with E-state index in [9.17, 15) is 0 Å². The minimum absolute atomic E-state index is 0.617. The van der Waals surface area contributed by atoms with Crippen LogP contribution in [-0.4, -0.2) is 41.0 Å². The lowest BCUT2D eigenvalue weighted by Crippen LogP contribution is -2.27. The Hall–Kier alpha value is -1.68. The summed E-state index contributed by atoms with van der Waals surface area (Å²) in [5.41, 5.74) is 2.87.